The van der Waals surface area contributed by atoms with Crippen molar-refractivity contribution in [1.29, 1.82) is 0 Å². The zero-order valence-electron chi connectivity index (χ0n) is 10.5. The highest BCUT2D eigenvalue weighted by atomic mass is 16.3. The van der Waals surface area contributed by atoms with Gasteiger partial charge >= 0.3 is 0 Å². The molecule has 0 aromatic carbocycles. The Labute approximate surface area is 103 Å². The molecule has 1 saturated carbocycles. The van der Waals surface area contributed by atoms with E-state index in [9.17, 15) is 9.90 Å². The fourth-order valence-corrected chi connectivity index (χ4v) is 2.23. The lowest BCUT2D eigenvalue weighted by Gasteiger charge is -2.38. The second-order valence-corrected chi connectivity index (χ2v) is 4.98. The summed E-state index contributed by atoms with van der Waals surface area (Å²) in [4.78, 5) is 11.7. The number of carbonyl (C=O) groups excluding carboxylic acids is 1. The molecule has 0 heterocycles. The van der Waals surface area contributed by atoms with Crippen molar-refractivity contribution in [2.45, 2.75) is 38.1 Å². The third-order valence-electron chi connectivity index (χ3n) is 3.45. The van der Waals surface area contributed by atoms with Gasteiger partial charge in [0.1, 0.15) is 0 Å². The average Bonchev–Trinajstić information content (AvgIpc) is 2.33. The van der Waals surface area contributed by atoms with Crippen LogP contribution in [-0.4, -0.2) is 36.2 Å². The third kappa shape index (κ3) is 4.37. The van der Waals surface area contributed by atoms with Crippen LogP contribution in [0.4, 0.5) is 0 Å². The van der Waals surface area contributed by atoms with Gasteiger partial charge < -0.3 is 10.4 Å². The highest BCUT2D eigenvalue weighted by Gasteiger charge is 2.34. The second-order valence-electron chi connectivity index (χ2n) is 4.98. The molecule has 1 rings (SSSR count). The lowest BCUT2D eigenvalue weighted by atomic mass is 9.77. The van der Waals surface area contributed by atoms with E-state index in [4.69, 9.17) is 6.42 Å². The molecule has 4 heteroatoms. The molecule has 0 aliphatic heterocycles. The van der Waals surface area contributed by atoms with Crippen LogP contribution in [0.25, 0.3) is 0 Å². The van der Waals surface area contributed by atoms with Gasteiger partial charge in [-0.25, -0.2) is 0 Å². The monoisotopic (exact) mass is 238 g/mol. The Bertz CT molecular complexity index is 288. The first-order valence-electron chi connectivity index (χ1n) is 6.18. The van der Waals surface area contributed by atoms with Crippen molar-refractivity contribution in [3.8, 4) is 12.3 Å². The van der Waals surface area contributed by atoms with E-state index >= 15 is 0 Å². The summed E-state index contributed by atoms with van der Waals surface area (Å²) in [7, 11) is 0. The van der Waals surface area contributed by atoms with E-state index in [1.54, 1.807) is 0 Å². The quantitative estimate of drug-likeness (QED) is 0.476. The van der Waals surface area contributed by atoms with Crippen LogP contribution in [0.3, 0.4) is 0 Å². The van der Waals surface area contributed by atoms with Gasteiger partial charge in [-0.1, -0.05) is 12.8 Å². The fourth-order valence-electron chi connectivity index (χ4n) is 2.23. The Morgan fingerprint density at radius 2 is 2.18 bits per heavy atom. The molecule has 17 heavy (non-hydrogen) atoms. The molecule has 0 saturated heterocycles. The molecule has 0 spiro atoms. The number of nitrogens with one attached hydrogen (secondary N) is 2. The van der Waals surface area contributed by atoms with Crippen molar-refractivity contribution < 1.29 is 9.90 Å². The Morgan fingerprint density at radius 1 is 1.53 bits per heavy atom. The van der Waals surface area contributed by atoms with Crippen LogP contribution in [0.2, 0.25) is 0 Å². The zero-order chi connectivity index (χ0) is 12.7. The van der Waals surface area contributed by atoms with Crippen LogP contribution >= 0.6 is 0 Å². The molecule has 96 valence electrons. The molecule has 4 nitrogen and oxygen atoms in total. The maximum atomic E-state index is 11.7. The number of terminal acetylenes is 1. The van der Waals surface area contributed by atoms with Gasteiger partial charge in [0.25, 0.3) is 0 Å². The predicted molar refractivity (Wildman–Crippen MR) is 67.3 cm³/mol. The molecular formula is C13H22N2O2. The SMILES string of the molecule is C#CCNCC(=O)NC1(CO)CCC(C)CC1. The van der Waals surface area contributed by atoms with Crippen molar-refractivity contribution in [2.75, 3.05) is 19.7 Å². The summed E-state index contributed by atoms with van der Waals surface area (Å²) >= 11 is 0. The molecule has 0 bridgehead atoms. The first-order chi connectivity index (χ1) is 8.12. The number of hydrogen-bond donors (Lipinski definition) is 3. The minimum atomic E-state index is -0.415. The minimum absolute atomic E-state index is 0.0145. The van der Waals surface area contributed by atoms with Gasteiger partial charge in [-0.3, -0.25) is 10.1 Å². The molecule has 1 fully saturated rings. The minimum Gasteiger partial charge on any atom is -0.394 e. The first-order valence-corrected chi connectivity index (χ1v) is 6.18. The predicted octanol–water partition coefficient (Wildman–Crippen LogP) is 0.267. The van der Waals surface area contributed by atoms with Crippen LogP contribution in [-0.2, 0) is 4.79 Å². The summed E-state index contributed by atoms with van der Waals surface area (Å²) < 4.78 is 0. The summed E-state index contributed by atoms with van der Waals surface area (Å²) in [5.74, 6) is 3.01. The van der Waals surface area contributed by atoms with E-state index in [1.807, 2.05) is 0 Å². The number of rotatable bonds is 5. The van der Waals surface area contributed by atoms with Gasteiger partial charge in [0.15, 0.2) is 0 Å². The second kappa shape index (κ2) is 6.63. The summed E-state index contributed by atoms with van der Waals surface area (Å²) in [5.41, 5.74) is -0.415. The highest BCUT2D eigenvalue weighted by molar-refractivity contribution is 5.78. The summed E-state index contributed by atoms with van der Waals surface area (Å²) in [5, 5.41) is 15.3. The number of aliphatic hydroxyl groups is 1. The van der Waals surface area contributed by atoms with Gasteiger partial charge in [0.05, 0.1) is 25.2 Å². The van der Waals surface area contributed by atoms with Gasteiger partial charge in [-0.2, -0.15) is 0 Å². The number of hydrogen-bond acceptors (Lipinski definition) is 3. The molecule has 1 aliphatic carbocycles. The van der Waals surface area contributed by atoms with Gasteiger partial charge in [0.2, 0.25) is 5.91 Å². The van der Waals surface area contributed by atoms with Crippen LogP contribution in [0, 0.1) is 18.3 Å². The van der Waals surface area contributed by atoms with E-state index < -0.39 is 5.54 Å². The van der Waals surface area contributed by atoms with Crippen molar-refractivity contribution in [2.24, 2.45) is 5.92 Å². The normalized spacial score (nSPS) is 28.4. The molecule has 0 radical (unpaired) electrons. The fraction of sp³-hybridized carbons (Fsp3) is 0.769. The van der Waals surface area contributed by atoms with Gasteiger partial charge in [-0.05, 0) is 31.6 Å². The molecule has 1 amide bonds. The molecule has 1 aliphatic rings. The Hall–Kier alpha value is -1.05. The zero-order valence-corrected chi connectivity index (χ0v) is 10.5. The lowest BCUT2D eigenvalue weighted by Crippen LogP contribution is -2.55. The van der Waals surface area contributed by atoms with Gasteiger partial charge in [-0.15, -0.1) is 6.42 Å². The molecule has 0 unspecified atom stereocenters. The molecule has 0 aromatic heterocycles. The Kier molecular flexibility index (Phi) is 5.46. The van der Waals surface area contributed by atoms with Gasteiger partial charge in [0, 0.05) is 0 Å². The van der Waals surface area contributed by atoms with Crippen LogP contribution < -0.4 is 10.6 Å². The molecule has 0 atom stereocenters. The topological polar surface area (TPSA) is 61.4 Å². The number of amides is 1. The Balaban J connectivity index is 2.41. The largest absolute Gasteiger partial charge is 0.394 e. The standard InChI is InChI=1S/C13H22N2O2/c1-3-8-14-9-12(17)15-13(10-16)6-4-11(2)5-7-13/h1,11,14,16H,4-10H2,2H3,(H,15,17). The highest BCUT2D eigenvalue weighted by Crippen LogP contribution is 2.31. The third-order valence-corrected chi connectivity index (χ3v) is 3.45. The van der Waals surface area contributed by atoms with E-state index in [1.165, 1.54) is 0 Å². The maximum absolute atomic E-state index is 11.7. The average molecular weight is 238 g/mol. The van der Waals surface area contributed by atoms with E-state index in [2.05, 4.69) is 23.5 Å². The maximum Gasteiger partial charge on any atom is 0.234 e. The number of aliphatic hydroxyl groups excluding tert-OH is 1. The van der Waals surface area contributed by atoms with Crippen LogP contribution in [0.1, 0.15) is 32.6 Å². The van der Waals surface area contributed by atoms with Crippen molar-refractivity contribution in [1.82, 2.24) is 10.6 Å². The van der Waals surface area contributed by atoms with Crippen LogP contribution in [0.15, 0.2) is 0 Å². The Morgan fingerprint density at radius 3 is 2.71 bits per heavy atom. The first kappa shape index (κ1) is 14.0. The lowest BCUT2D eigenvalue weighted by molar-refractivity contribution is -0.123. The summed E-state index contributed by atoms with van der Waals surface area (Å²) in [6, 6.07) is 0. The van der Waals surface area contributed by atoms with E-state index in [-0.39, 0.29) is 19.1 Å². The molecule has 3 N–H and O–H groups in total. The van der Waals surface area contributed by atoms with E-state index in [0.29, 0.717) is 12.5 Å². The summed E-state index contributed by atoms with van der Waals surface area (Å²) in [6.45, 7) is 2.82. The molecule has 0 aromatic rings. The van der Waals surface area contributed by atoms with Crippen molar-refractivity contribution in [3.05, 3.63) is 0 Å². The number of carbonyl (C=O) groups is 1. The van der Waals surface area contributed by atoms with Crippen LogP contribution in [0.5, 0.6) is 0 Å². The summed E-state index contributed by atoms with van der Waals surface area (Å²) in [6.07, 6.45) is 8.90. The molecular weight excluding hydrogens is 216 g/mol. The van der Waals surface area contributed by atoms with Crippen molar-refractivity contribution in [3.63, 3.8) is 0 Å². The van der Waals surface area contributed by atoms with Crippen molar-refractivity contribution >= 4 is 5.91 Å². The van der Waals surface area contributed by atoms with E-state index in [0.717, 1.165) is 25.7 Å². The smallest absolute Gasteiger partial charge is 0.234 e.